The highest BCUT2D eigenvalue weighted by molar-refractivity contribution is 7.20. The molecule has 1 saturated heterocycles. The Bertz CT molecular complexity index is 1050. The van der Waals surface area contributed by atoms with Gasteiger partial charge in [0.1, 0.15) is 16.3 Å². The predicted octanol–water partition coefficient (Wildman–Crippen LogP) is 2.65. The van der Waals surface area contributed by atoms with E-state index < -0.39 is 0 Å². The van der Waals surface area contributed by atoms with Crippen LogP contribution in [0, 0.1) is 5.92 Å². The maximum atomic E-state index is 13.0. The first-order chi connectivity index (χ1) is 13.5. The van der Waals surface area contributed by atoms with Crippen molar-refractivity contribution in [2.45, 2.75) is 12.8 Å². The van der Waals surface area contributed by atoms with Gasteiger partial charge in [-0.2, -0.15) is 5.10 Å². The summed E-state index contributed by atoms with van der Waals surface area (Å²) in [5, 5.41) is 5.59. The van der Waals surface area contributed by atoms with Gasteiger partial charge < -0.3 is 15.4 Å². The summed E-state index contributed by atoms with van der Waals surface area (Å²) >= 11 is 1.44. The minimum absolute atomic E-state index is 0.000660. The third-order valence-electron chi connectivity index (χ3n) is 5.25. The number of hydrogen-bond donors (Lipinski definition) is 1. The van der Waals surface area contributed by atoms with Crippen molar-refractivity contribution in [3.05, 3.63) is 35.2 Å². The van der Waals surface area contributed by atoms with Gasteiger partial charge in [0.05, 0.1) is 12.0 Å². The van der Waals surface area contributed by atoms with Crippen molar-refractivity contribution in [3.8, 4) is 17.0 Å². The Balaban J connectivity index is 1.63. The standard InChI is InChI=1S/C20H22N4O3S/c1-23-20-15(17(22-23)13-4-3-5-14(10-13)27-2)11-16(28-20)19(26)24-8-6-12(7-9-24)18(21)25/h3-5,10-12H,6-9H2,1-2H3,(H2,21,25). The summed E-state index contributed by atoms with van der Waals surface area (Å²) in [6, 6.07) is 9.66. The van der Waals surface area contributed by atoms with Gasteiger partial charge in [-0.1, -0.05) is 12.1 Å². The summed E-state index contributed by atoms with van der Waals surface area (Å²) < 4.78 is 7.13. The number of hydrogen-bond acceptors (Lipinski definition) is 5. The smallest absolute Gasteiger partial charge is 0.264 e. The van der Waals surface area contributed by atoms with Crippen molar-refractivity contribution in [3.63, 3.8) is 0 Å². The zero-order chi connectivity index (χ0) is 19.8. The minimum atomic E-state index is -0.275. The molecule has 8 heteroatoms. The first-order valence-electron chi connectivity index (χ1n) is 9.17. The van der Waals surface area contributed by atoms with E-state index in [1.54, 1.807) is 7.11 Å². The van der Waals surface area contributed by atoms with Gasteiger partial charge in [-0.05, 0) is 31.0 Å². The number of thiophene rings is 1. The molecule has 0 atom stereocenters. The number of rotatable bonds is 4. The second kappa shape index (κ2) is 7.27. The van der Waals surface area contributed by atoms with Crippen LogP contribution in [0.3, 0.4) is 0 Å². The molecule has 1 aliphatic rings. The quantitative estimate of drug-likeness (QED) is 0.731. The number of carbonyl (C=O) groups is 2. The van der Waals surface area contributed by atoms with E-state index in [0.29, 0.717) is 30.8 Å². The monoisotopic (exact) mass is 398 g/mol. The predicted molar refractivity (Wildman–Crippen MR) is 108 cm³/mol. The Morgan fingerprint density at radius 3 is 2.68 bits per heavy atom. The Morgan fingerprint density at radius 2 is 2.00 bits per heavy atom. The lowest BCUT2D eigenvalue weighted by Crippen LogP contribution is -2.41. The van der Waals surface area contributed by atoms with E-state index in [2.05, 4.69) is 5.10 Å². The molecule has 0 aliphatic carbocycles. The summed E-state index contributed by atoms with van der Waals surface area (Å²) in [4.78, 5) is 27.8. The van der Waals surface area contributed by atoms with E-state index in [4.69, 9.17) is 10.5 Å². The number of aromatic nitrogens is 2. The van der Waals surface area contributed by atoms with Crippen molar-refractivity contribution in [2.24, 2.45) is 18.7 Å². The normalized spacial score (nSPS) is 15.1. The lowest BCUT2D eigenvalue weighted by molar-refractivity contribution is -0.123. The number of nitrogens with two attached hydrogens (primary N) is 1. The van der Waals surface area contributed by atoms with Gasteiger partial charge in [0.2, 0.25) is 5.91 Å². The summed E-state index contributed by atoms with van der Waals surface area (Å²) in [5.41, 5.74) is 7.17. The van der Waals surface area contributed by atoms with Crippen LogP contribution in [0.4, 0.5) is 0 Å². The highest BCUT2D eigenvalue weighted by atomic mass is 32.1. The van der Waals surface area contributed by atoms with Crippen molar-refractivity contribution < 1.29 is 14.3 Å². The van der Waals surface area contributed by atoms with Crippen molar-refractivity contribution in [1.82, 2.24) is 14.7 Å². The van der Waals surface area contributed by atoms with E-state index >= 15 is 0 Å². The van der Waals surface area contributed by atoms with Gasteiger partial charge in [-0.15, -0.1) is 11.3 Å². The number of primary amides is 1. The van der Waals surface area contributed by atoms with Crippen LogP contribution in [0.5, 0.6) is 5.75 Å². The van der Waals surface area contributed by atoms with Crippen LogP contribution in [0.2, 0.25) is 0 Å². The van der Waals surface area contributed by atoms with Gasteiger partial charge >= 0.3 is 0 Å². The zero-order valence-electron chi connectivity index (χ0n) is 15.8. The maximum absolute atomic E-state index is 13.0. The number of benzene rings is 1. The Morgan fingerprint density at radius 1 is 1.25 bits per heavy atom. The first-order valence-corrected chi connectivity index (χ1v) is 9.99. The number of piperidine rings is 1. The summed E-state index contributed by atoms with van der Waals surface area (Å²) in [6.45, 7) is 1.11. The average molecular weight is 398 g/mol. The Labute approximate surface area is 166 Å². The molecule has 0 spiro atoms. The number of ether oxygens (including phenoxy) is 1. The summed E-state index contributed by atoms with van der Waals surface area (Å²) in [6.07, 6.45) is 1.26. The van der Waals surface area contributed by atoms with Gasteiger partial charge in [-0.25, -0.2) is 0 Å². The van der Waals surface area contributed by atoms with Crippen LogP contribution < -0.4 is 10.5 Å². The van der Waals surface area contributed by atoms with Gasteiger partial charge in [0.25, 0.3) is 5.91 Å². The fourth-order valence-electron chi connectivity index (χ4n) is 3.65. The van der Waals surface area contributed by atoms with Crippen LogP contribution in [0.1, 0.15) is 22.5 Å². The minimum Gasteiger partial charge on any atom is -0.497 e. The molecule has 1 aliphatic heterocycles. The molecule has 146 valence electrons. The van der Waals surface area contributed by atoms with Crippen LogP contribution in [0.25, 0.3) is 21.5 Å². The summed E-state index contributed by atoms with van der Waals surface area (Å²) in [5.74, 6) is 0.360. The average Bonchev–Trinajstić information content (AvgIpc) is 3.28. The molecule has 3 heterocycles. The van der Waals surface area contributed by atoms with E-state index in [0.717, 1.165) is 27.2 Å². The number of likely N-dealkylation sites (tertiary alicyclic amines) is 1. The lowest BCUT2D eigenvalue weighted by Gasteiger charge is -2.30. The number of aryl methyl sites for hydroxylation is 1. The topological polar surface area (TPSA) is 90.5 Å². The lowest BCUT2D eigenvalue weighted by atomic mass is 9.96. The summed E-state index contributed by atoms with van der Waals surface area (Å²) in [7, 11) is 3.52. The first kappa shape index (κ1) is 18.5. The van der Waals surface area contributed by atoms with Crippen LogP contribution in [0.15, 0.2) is 30.3 Å². The number of carbonyl (C=O) groups excluding carboxylic acids is 2. The van der Waals surface area contributed by atoms with Crippen molar-refractivity contribution in [2.75, 3.05) is 20.2 Å². The van der Waals surface area contributed by atoms with Crippen molar-refractivity contribution >= 4 is 33.4 Å². The molecule has 2 amide bonds. The molecule has 4 rings (SSSR count). The van der Waals surface area contributed by atoms with E-state index in [-0.39, 0.29) is 17.7 Å². The second-order valence-corrected chi connectivity index (χ2v) is 8.03. The van der Waals surface area contributed by atoms with Gasteiger partial charge in [-0.3, -0.25) is 14.3 Å². The molecule has 0 unspecified atom stereocenters. The third kappa shape index (κ3) is 3.24. The molecule has 28 heavy (non-hydrogen) atoms. The molecule has 0 radical (unpaired) electrons. The Hall–Kier alpha value is -2.87. The highest BCUT2D eigenvalue weighted by Crippen LogP contribution is 2.35. The maximum Gasteiger partial charge on any atom is 0.264 e. The number of nitrogens with zero attached hydrogens (tertiary/aromatic N) is 3. The largest absolute Gasteiger partial charge is 0.497 e. The molecule has 3 aromatic rings. The highest BCUT2D eigenvalue weighted by Gasteiger charge is 2.28. The van der Waals surface area contributed by atoms with Gasteiger partial charge in [0, 0.05) is 37.0 Å². The molecule has 0 bridgehead atoms. The van der Waals surface area contributed by atoms with Crippen LogP contribution in [-0.4, -0.2) is 46.7 Å². The molecular weight excluding hydrogens is 376 g/mol. The number of methoxy groups -OCH3 is 1. The zero-order valence-corrected chi connectivity index (χ0v) is 16.7. The second-order valence-electron chi connectivity index (χ2n) is 7.00. The number of amides is 2. The van der Waals surface area contributed by atoms with Crippen molar-refractivity contribution in [1.29, 1.82) is 0 Å². The van der Waals surface area contributed by atoms with Crippen LogP contribution >= 0.6 is 11.3 Å². The molecule has 2 aromatic heterocycles. The third-order valence-corrected chi connectivity index (χ3v) is 6.44. The number of fused-ring (bicyclic) bond motifs is 1. The fourth-order valence-corrected chi connectivity index (χ4v) is 4.69. The SMILES string of the molecule is COc1cccc(-c2nn(C)c3sc(C(=O)N4CCC(C(N)=O)CC4)cc23)c1. The van der Waals surface area contributed by atoms with E-state index in [1.807, 2.05) is 47.0 Å². The molecule has 0 saturated carbocycles. The van der Waals surface area contributed by atoms with Gasteiger partial charge in [0.15, 0.2) is 0 Å². The van der Waals surface area contributed by atoms with Crippen LogP contribution in [-0.2, 0) is 11.8 Å². The molecule has 1 fully saturated rings. The molecule has 1 aromatic carbocycles. The molecular formula is C20H22N4O3S. The Kier molecular flexibility index (Phi) is 4.80. The molecule has 2 N–H and O–H groups in total. The van der Waals surface area contributed by atoms with E-state index in [1.165, 1.54) is 11.3 Å². The molecule has 7 nitrogen and oxygen atoms in total. The fraction of sp³-hybridized carbons (Fsp3) is 0.350. The van der Waals surface area contributed by atoms with E-state index in [9.17, 15) is 9.59 Å².